The zero-order chi connectivity index (χ0) is 23.2. The molecule has 164 valence electrons. The van der Waals surface area contributed by atoms with Gasteiger partial charge in [0.05, 0.1) is 21.0 Å². The third-order valence-corrected chi connectivity index (χ3v) is 5.41. The summed E-state index contributed by atoms with van der Waals surface area (Å²) in [5.74, 6) is -11.5. The van der Waals surface area contributed by atoms with Gasteiger partial charge in [-0.1, -0.05) is 15.9 Å². The molecule has 0 saturated carbocycles. The van der Waals surface area contributed by atoms with Crippen LogP contribution in [0.25, 0.3) is 6.08 Å². The Hall–Kier alpha value is -2.02. The summed E-state index contributed by atoms with van der Waals surface area (Å²) in [7, 11) is 0. The molecule has 0 aliphatic carbocycles. The van der Waals surface area contributed by atoms with Crippen LogP contribution in [0, 0.1) is 32.7 Å². The standard InChI is InChI=1S/C20H13BrF5IN2O2/c1-7(2)31-19-9(4-10(21)6-12(19)27)5-11-8(3)28-29(20(11)30)18-16(25)14(23)13(22)15(24)17(18)26/h4-7H,1-3H3/b11-5-. The molecule has 0 atom stereocenters. The zero-order valence-corrected chi connectivity index (χ0v) is 19.9. The number of amides is 1. The van der Waals surface area contributed by atoms with Crippen molar-refractivity contribution in [2.24, 2.45) is 5.10 Å². The van der Waals surface area contributed by atoms with Crippen LogP contribution >= 0.6 is 38.5 Å². The number of hydrogen-bond acceptors (Lipinski definition) is 3. The molecule has 11 heteroatoms. The van der Waals surface area contributed by atoms with Crippen molar-refractivity contribution in [1.29, 1.82) is 0 Å². The Bertz CT molecular complexity index is 1140. The number of halogens is 7. The molecular formula is C20H13BrF5IN2O2. The van der Waals surface area contributed by atoms with Gasteiger partial charge in [0, 0.05) is 10.0 Å². The topological polar surface area (TPSA) is 41.9 Å². The number of carbonyl (C=O) groups is 1. The average Bonchev–Trinajstić information content (AvgIpc) is 2.95. The molecule has 0 spiro atoms. The lowest BCUT2D eigenvalue weighted by molar-refractivity contribution is -0.114. The van der Waals surface area contributed by atoms with E-state index in [9.17, 15) is 26.7 Å². The molecular weight excluding hydrogens is 602 g/mol. The third-order valence-electron chi connectivity index (χ3n) is 4.15. The van der Waals surface area contributed by atoms with Gasteiger partial charge in [-0.25, -0.2) is 22.0 Å². The van der Waals surface area contributed by atoms with Gasteiger partial charge in [0.2, 0.25) is 5.82 Å². The van der Waals surface area contributed by atoms with Crippen LogP contribution in [0.4, 0.5) is 27.6 Å². The van der Waals surface area contributed by atoms with Crippen LogP contribution in [0.1, 0.15) is 26.3 Å². The van der Waals surface area contributed by atoms with E-state index >= 15 is 0 Å². The molecule has 1 amide bonds. The van der Waals surface area contributed by atoms with Gasteiger partial charge in [-0.2, -0.15) is 10.1 Å². The lowest BCUT2D eigenvalue weighted by Crippen LogP contribution is -2.25. The monoisotopic (exact) mass is 614 g/mol. The number of ether oxygens (including phenoxy) is 1. The van der Waals surface area contributed by atoms with Crippen molar-refractivity contribution in [2.45, 2.75) is 26.9 Å². The fourth-order valence-corrected chi connectivity index (χ4v) is 4.50. The Kier molecular flexibility index (Phi) is 6.75. The number of nitrogens with zero attached hydrogens (tertiary/aromatic N) is 2. The van der Waals surface area contributed by atoms with Gasteiger partial charge in [-0.15, -0.1) is 0 Å². The predicted octanol–water partition coefficient (Wildman–Crippen LogP) is 6.34. The zero-order valence-electron chi connectivity index (χ0n) is 16.2. The Balaban J connectivity index is 2.13. The van der Waals surface area contributed by atoms with E-state index < -0.39 is 40.7 Å². The van der Waals surface area contributed by atoms with Gasteiger partial charge >= 0.3 is 0 Å². The van der Waals surface area contributed by atoms with Crippen molar-refractivity contribution in [3.05, 3.63) is 60.4 Å². The smallest absolute Gasteiger partial charge is 0.280 e. The molecule has 1 aliphatic rings. The molecule has 0 radical (unpaired) electrons. The molecule has 1 aliphatic heterocycles. The van der Waals surface area contributed by atoms with E-state index in [0.29, 0.717) is 15.8 Å². The van der Waals surface area contributed by atoms with Gasteiger partial charge < -0.3 is 4.74 Å². The third kappa shape index (κ3) is 4.34. The second kappa shape index (κ2) is 8.85. The predicted molar refractivity (Wildman–Crippen MR) is 117 cm³/mol. The largest absolute Gasteiger partial charge is 0.489 e. The molecule has 0 bridgehead atoms. The molecule has 2 aromatic rings. The molecule has 1 heterocycles. The van der Waals surface area contributed by atoms with E-state index in [1.54, 1.807) is 12.1 Å². The minimum absolute atomic E-state index is 0.0272. The number of hydrazone groups is 1. The second-order valence-electron chi connectivity index (χ2n) is 6.75. The average molecular weight is 615 g/mol. The maximum Gasteiger partial charge on any atom is 0.280 e. The van der Waals surface area contributed by atoms with Crippen LogP contribution in [-0.2, 0) is 4.79 Å². The van der Waals surface area contributed by atoms with E-state index in [1.165, 1.54) is 13.0 Å². The number of hydrogen-bond donors (Lipinski definition) is 0. The first kappa shape index (κ1) is 23.6. The van der Waals surface area contributed by atoms with E-state index in [0.717, 1.165) is 3.57 Å². The van der Waals surface area contributed by atoms with Crippen LogP contribution in [0.5, 0.6) is 5.75 Å². The van der Waals surface area contributed by atoms with Gasteiger partial charge in [0.1, 0.15) is 11.4 Å². The summed E-state index contributed by atoms with van der Waals surface area (Å²) in [6, 6.07) is 3.45. The molecule has 0 fully saturated rings. The van der Waals surface area contributed by atoms with Crippen molar-refractivity contribution < 1.29 is 31.5 Å². The van der Waals surface area contributed by atoms with Crippen LogP contribution in [0.3, 0.4) is 0 Å². The normalized spacial score (nSPS) is 15.3. The maximum atomic E-state index is 14.2. The highest BCUT2D eigenvalue weighted by Gasteiger charge is 2.37. The SMILES string of the molecule is CC1=NN(c2c(F)c(F)c(F)c(F)c2F)C(=O)/C1=C\c1cc(Br)cc(I)c1OC(C)C. The second-order valence-corrected chi connectivity index (χ2v) is 8.83. The fourth-order valence-electron chi connectivity index (χ4n) is 2.82. The van der Waals surface area contributed by atoms with E-state index in [2.05, 4.69) is 21.0 Å². The number of anilines is 1. The Labute approximate surface area is 196 Å². The van der Waals surface area contributed by atoms with Gasteiger partial charge in [0.25, 0.3) is 5.91 Å². The van der Waals surface area contributed by atoms with E-state index in [4.69, 9.17) is 4.74 Å². The number of benzene rings is 2. The van der Waals surface area contributed by atoms with Crippen molar-refractivity contribution in [3.63, 3.8) is 0 Å². The van der Waals surface area contributed by atoms with Crippen molar-refractivity contribution in [2.75, 3.05) is 5.01 Å². The first-order chi connectivity index (χ1) is 14.4. The van der Waals surface area contributed by atoms with Crippen LogP contribution in [0.15, 0.2) is 27.3 Å². The van der Waals surface area contributed by atoms with Gasteiger partial charge in [-0.05, 0) is 61.6 Å². The molecule has 0 N–H and O–H groups in total. The van der Waals surface area contributed by atoms with Gasteiger partial charge in [-0.3, -0.25) is 4.79 Å². The summed E-state index contributed by atoms with van der Waals surface area (Å²) >= 11 is 5.40. The summed E-state index contributed by atoms with van der Waals surface area (Å²) < 4.78 is 76.1. The van der Waals surface area contributed by atoms with Crippen LogP contribution < -0.4 is 9.75 Å². The summed E-state index contributed by atoms with van der Waals surface area (Å²) in [5, 5.41) is 3.90. The van der Waals surface area contributed by atoms with Crippen molar-refractivity contribution in [3.8, 4) is 5.75 Å². The van der Waals surface area contributed by atoms with Crippen molar-refractivity contribution in [1.82, 2.24) is 0 Å². The highest BCUT2D eigenvalue weighted by molar-refractivity contribution is 14.1. The molecule has 0 aromatic heterocycles. The Morgan fingerprint density at radius 1 is 1.06 bits per heavy atom. The maximum absolute atomic E-state index is 14.2. The molecule has 0 unspecified atom stereocenters. The quantitative estimate of drug-likeness (QED) is 0.133. The van der Waals surface area contributed by atoms with E-state index in [1.807, 2.05) is 36.4 Å². The molecule has 3 rings (SSSR count). The van der Waals surface area contributed by atoms with Crippen molar-refractivity contribution >= 4 is 61.9 Å². The highest BCUT2D eigenvalue weighted by Crippen LogP contribution is 2.36. The first-order valence-electron chi connectivity index (χ1n) is 8.72. The summed E-state index contributed by atoms with van der Waals surface area (Å²) in [6.07, 6.45) is 1.20. The number of carbonyl (C=O) groups excluding carboxylic acids is 1. The Morgan fingerprint density at radius 2 is 1.61 bits per heavy atom. The van der Waals surface area contributed by atoms with Crippen LogP contribution in [0.2, 0.25) is 0 Å². The molecule has 31 heavy (non-hydrogen) atoms. The minimum atomic E-state index is -2.32. The van der Waals surface area contributed by atoms with E-state index in [-0.39, 0.29) is 22.4 Å². The minimum Gasteiger partial charge on any atom is -0.489 e. The summed E-state index contributed by atoms with van der Waals surface area (Å²) in [6.45, 7) is 5.00. The highest BCUT2D eigenvalue weighted by atomic mass is 127. The van der Waals surface area contributed by atoms with Crippen LogP contribution in [-0.4, -0.2) is 17.7 Å². The summed E-state index contributed by atoms with van der Waals surface area (Å²) in [5.41, 5.74) is -1.04. The molecule has 2 aromatic carbocycles. The Morgan fingerprint density at radius 3 is 2.16 bits per heavy atom. The molecule has 0 saturated heterocycles. The molecule has 4 nitrogen and oxygen atoms in total. The number of rotatable bonds is 4. The lowest BCUT2D eigenvalue weighted by atomic mass is 10.1. The van der Waals surface area contributed by atoms with Gasteiger partial charge in [0.15, 0.2) is 23.3 Å². The first-order valence-corrected chi connectivity index (χ1v) is 10.6. The lowest BCUT2D eigenvalue weighted by Gasteiger charge is -2.16. The summed E-state index contributed by atoms with van der Waals surface area (Å²) in [4.78, 5) is 12.9. The fraction of sp³-hybridized carbons (Fsp3) is 0.200.